The van der Waals surface area contributed by atoms with Crippen molar-refractivity contribution in [3.63, 3.8) is 0 Å². The molecule has 25 heavy (non-hydrogen) atoms. The summed E-state index contributed by atoms with van der Waals surface area (Å²) in [5, 5.41) is 9.05. The molecule has 0 saturated heterocycles. The first kappa shape index (κ1) is 22.0. The minimum absolute atomic E-state index is 0.0466. The fourth-order valence-corrected chi connectivity index (χ4v) is 3.75. The van der Waals surface area contributed by atoms with Gasteiger partial charge in [0.05, 0.1) is 11.8 Å². The Morgan fingerprint density at radius 2 is 1.40 bits per heavy atom. The summed E-state index contributed by atoms with van der Waals surface area (Å²) in [6.07, 6.45) is 14.4. The van der Waals surface area contributed by atoms with Gasteiger partial charge in [-0.15, -0.1) is 0 Å². The van der Waals surface area contributed by atoms with Gasteiger partial charge in [-0.25, -0.2) is 0 Å². The number of carboxylic acid groups (broad SMARTS) is 1. The van der Waals surface area contributed by atoms with Crippen LogP contribution >= 0.6 is 0 Å². The third kappa shape index (κ3) is 9.27. The van der Waals surface area contributed by atoms with Gasteiger partial charge in [-0.05, 0) is 44.9 Å². The number of rotatable bonds is 13. The molecule has 0 spiro atoms. The lowest BCUT2D eigenvalue weighted by atomic mass is 9.82. The quantitative estimate of drug-likeness (QED) is 0.339. The van der Waals surface area contributed by atoms with Crippen molar-refractivity contribution < 1.29 is 19.4 Å². The molecular weight excluding hydrogens is 316 g/mol. The molecule has 0 aromatic heterocycles. The molecule has 1 aliphatic rings. The summed E-state index contributed by atoms with van der Waals surface area (Å²) >= 11 is 0. The molecule has 0 heterocycles. The normalized spacial score (nSPS) is 21.7. The zero-order valence-electron chi connectivity index (χ0n) is 16.3. The van der Waals surface area contributed by atoms with Crippen LogP contribution in [0, 0.1) is 11.8 Å². The maximum atomic E-state index is 12.4. The summed E-state index contributed by atoms with van der Waals surface area (Å²) in [5.74, 6) is -1.19. The number of aliphatic carboxylic acids is 1. The van der Waals surface area contributed by atoms with Gasteiger partial charge in [0.1, 0.15) is 6.10 Å². The number of hydrogen-bond acceptors (Lipinski definition) is 3. The number of unbranched alkanes of at least 4 members (excludes halogenated alkanes) is 6. The second kappa shape index (κ2) is 13.2. The average Bonchev–Trinajstić information content (AvgIpc) is 2.61. The van der Waals surface area contributed by atoms with Gasteiger partial charge in [0.2, 0.25) is 0 Å². The molecule has 0 aromatic carbocycles. The standard InChI is InChI=1S/C21H38O4/c1-3-5-6-7-8-9-10-12-19(11-4-2)25-21(24)18-15-13-17(14-16-18)20(22)23/h17-19H,3-16H2,1-2H3,(H,22,23). The molecule has 4 heteroatoms. The van der Waals surface area contributed by atoms with Gasteiger partial charge in [-0.2, -0.15) is 0 Å². The van der Waals surface area contributed by atoms with E-state index < -0.39 is 5.97 Å². The van der Waals surface area contributed by atoms with E-state index in [4.69, 9.17) is 9.84 Å². The fourth-order valence-electron chi connectivity index (χ4n) is 3.75. The number of ether oxygens (including phenoxy) is 1. The Labute approximate surface area is 153 Å². The van der Waals surface area contributed by atoms with Crippen LogP contribution in [0.15, 0.2) is 0 Å². The van der Waals surface area contributed by atoms with E-state index in [1.54, 1.807) is 0 Å². The van der Waals surface area contributed by atoms with Gasteiger partial charge in [-0.3, -0.25) is 9.59 Å². The minimum atomic E-state index is -0.727. The van der Waals surface area contributed by atoms with Crippen LogP contribution in [0.25, 0.3) is 0 Å². The van der Waals surface area contributed by atoms with Crippen molar-refractivity contribution in [3.05, 3.63) is 0 Å². The zero-order valence-corrected chi connectivity index (χ0v) is 16.3. The van der Waals surface area contributed by atoms with Crippen LogP contribution in [-0.4, -0.2) is 23.1 Å². The zero-order chi connectivity index (χ0) is 18.5. The summed E-state index contributed by atoms with van der Waals surface area (Å²) in [4.78, 5) is 23.4. The third-order valence-corrected chi connectivity index (χ3v) is 5.43. The van der Waals surface area contributed by atoms with Crippen LogP contribution < -0.4 is 0 Å². The van der Waals surface area contributed by atoms with Crippen molar-refractivity contribution in [1.82, 2.24) is 0 Å². The van der Waals surface area contributed by atoms with E-state index >= 15 is 0 Å². The maximum Gasteiger partial charge on any atom is 0.309 e. The highest BCUT2D eigenvalue weighted by molar-refractivity contribution is 5.74. The van der Waals surface area contributed by atoms with Crippen LogP contribution in [0.2, 0.25) is 0 Å². The molecule has 4 nitrogen and oxygen atoms in total. The van der Waals surface area contributed by atoms with Crippen molar-refractivity contribution in [3.8, 4) is 0 Å². The molecule has 1 saturated carbocycles. The van der Waals surface area contributed by atoms with E-state index in [0.717, 1.165) is 25.7 Å². The Morgan fingerprint density at radius 1 is 0.840 bits per heavy atom. The van der Waals surface area contributed by atoms with Gasteiger partial charge >= 0.3 is 11.9 Å². The average molecular weight is 355 g/mol. The summed E-state index contributed by atoms with van der Waals surface area (Å²) in [7, 11) is 0. The summed E-state index contributed by atoms with van der Waals surface area (Å²) in [5.41, 5.74) is 0. The lowest BCUT2D eigenvalue weighted by Gasteiger charge is -2.26. The smallest absolute Gasteiger partial charge is 0.309 e. The molecule has 0 radical (unpaired) electrons. The van der Waals surface area contributed by atoms with Gasteiger partial charge in [0.25, 0.3) is 0 Å². The first-order valence-electron chi connectivity index (χ1n) is 10.5. The minimum Gasteiger partial charge on any atom is -0.481 e. The largest absolute Gasteiger partial charge is 0.481 e. The van der Waals surface area contributed by atoms with E-state index in [1.165, 1.54) is 38.5 Å². The number of carbonyl (C=O) groups excluding carboxylic acids is 1. The van der Waals surface area contributed by atoms with Crippen LogP contribution in [-0.2, 0) is 14.3 Å². The number of carbonyl (C=O) groups is 2. The Morgan fingerprint density at radius 3 is 1.96 bits per heavy atom. The monoisotopic (exact) mass is 354 g/mol. The molecule has 1 N–H and O–H groups in total. The van der Waals surface area contributed by atoms with Crippen molar-refractivity contribution in [1.29, 1.82) is 0 Å². The van der Waals surface area contributed by atoms with Crippen LogP contribution in [0.5, 0.6) is 0 Å². The van der Waals surface area contributed by atoms with Crippen molar-refractivity contribution in [2.45, 2.75) is 110 Å². The van der Waals surface area contributed by atoms with E-state index in [9.17, 15) is 9.59 Å². The Kier molecular flexibility index (Phi) is 11.6. The van der Waals surface area contributed by atoms with Gasteiger partial charge in [0, 0.05) is 0 Å². The Hall–Kier alpha value is -1.06. The molecule has 1 atom stereocenters. The topological polar surface area (TPSA) is 63.6 Å². The number of carboxylic acids is 1. The van der Waals surface area contributed by atoms with Gasteiger partial charge < -0.3 is 9.84 Å². The van der Waals surface area contributed by atoms with Crippen LogP contribution in [0.3, 0.4) is 0 Å². The van der Waals surface area contributed by atoms with Crippen molar-refractivity contribution >= 4 is 11.9 Å². The molecule has 0 bridgehead atoms. The van der Waals surface area contributed by atoms with Crippen LogP contribution in [0.4, 0.5) is 0 Å². The molecule has 146 valence electrons. The Balaban J connectivity index is 2.24. The van der Waals surface area contributed by atoms with Crippen molar-refractivity contribution in [2.75, 3.05) is 0 Å². The Bertz CT molecular complexity index is 372. The highest BCUT2D eigenvalue weighted by atomic mass is 16.5. The lowest BCUT2D eigenvalue weighted by Crippen LogP contribution is -2.29. The second-order valence-electron chi connectivity index (χ2n) is 7.64. The molecule has 1 fully saturated rings. The van der Waals surface area contributed by atoms with E-state index in [-0.39, 0.29) is 23.9 Å². The summed E-state index contributed by atoms with van der Waals surface area (Å²) < 4.78 is 5.78. The first-order chi connectivity index (χ1) is 12.1. The third-order valence-electron chi connectivity index (χ3n) is 5.43. The van der Waals surface area contributed by atoms with E-state index in [2.05, 4.69) is 13.8 Å². The second-order valence-corrected chi connectivity index (χ2v) is 7.64. The van der Waals surface area contributed by atoms with E-state index in [1.807, 2.05) is 0 Å². The molecule has 1 unspecified atom stereocenters. The molecule has 1 rings (SSSR count). The highest BCUT2D eigenvalue weighted by Gasteiger charge is 2.31. The molecule has 0 aliphatic heterocycles. The van der Waals surface area contributed by atoms with Crippen molar-refractivity contribution in [2.24, 2.45) is 11.8 Å². The molecule has 0 amide bonds. The van der Waals surface area contributed by atoms with E-state index in [0.29, 0.717) is 25.7 Å². The first-order valence-corrected chi connectivity index (χ1v) is 10.5. The molecule has 0 aromatic rings. The predicted octanol–water partition coefficient (Wildman–Crippen LogP) is 5.73. The summed E-state index contributed by atoms with van der Waals surface area (Å²) in [6.45, 7) is 4.36. The predicted molar refractivity (Wildman–Crippen MR) is 100 cm³/mol. The number of hydrogen-bond donors (Lipinski definition) is 1. The highest BCUT2D eigenvalue weighted by Crippen LogP contribution is 2.30. The van der Waals surface area contributed by atoms with Crippen LogP contribution in [0.1, 0.15) is 104 Å². The van der Waals surface area contributed by atoms with Gasteiger partial charge in [-0.1, -0.05) is 58.8 Å². The molecule has 1 aliphatic carbocycles. The lowest BCUT2D eigenvalue weighted by molar-refractivity contribution is -0.158. The number of esters is 1. The molecular formula is C21H38O4. The SMILES string of the molecule is CCCCCCCCCC(CCC)OC(=O)C1CCC(C(=O)O)CC1. The summed E-state index contributed by atoms with van der Waals surface area (Å²) in [6, 6.07) is 0. The van der Waals surface area contributed by atoms with Gasteiger partial charge in [0.15, 0.2) is 0 Å². The fraction of sp³-hybridized carbons (Fsp3) is 0.905. The maximum absolute atomic E-state index is 12.4.